The number of nitrogens with two attached hydrogens (primary N) is 1. The van der Waals surface area contributed by atoms with E-state index in [0.29, 0.717) is 18.1 Å². The average Bonchev–Trinajstić information content (AvgIpc) is 2.32. The van der Waals surface area contributed by atoms with Crippen LogP contribution in [0.4, 0.5) is 11.5 Å². The van der Waals surface area contributed by atoms with Crippen molar-refractivity contribution in [2.75, 3.05) is 11.1 Å². The minimum atomic E-state index is 0.586. The summed E-state index contributed by atoms with van der Waals surface area (Å²) in [6.07, 6.45) is 4.95. The molecule has 0 bridgehead atoms. The first kappa shape index (κ1) is 10.4. The second-order valence-corrected chi connectivity index (χ2v) is 3.44. The normalized spacial score (nSPS) is 10.1. The van der Waals surface area contributed by atoms with Crippen molar-refractivity contribution in [3.05, 3.63) is 42.1 Å². The minimum Gasteiger partial charge on any atom is -0.396 e. The first-order valence-corrected chi connectivity index (χ1v) is 4.97. The van der Waals surface area contributed by atoms with Crippen molar-refractivity contribution >= 4 is 11.5 Å². The molecular formula is C11H13N5. The third-order valence-electron chi connectivity index (χ3n) is 2.29. The van der Waals surface area contributed by atoms with Gasteiger partial charge in [-0.05, 0) is 24.6 Å². The highest BCUT2D eigenvalue weighted by Gasteiger charge is 2.02. The van der Waals surface area contributed by atoms with Crippen LogP contribution in [0.15, 0.2) is 30.9 Å². The highest BCUT2D eigenvalue weighted by Crippen LogP contribution is 2.18. The summed E-state index contributed by atoms with van der Waals surface area (Å²) in [6, 6.07) is 3.73. The average molecular weight is 215 g/mol. The summed E-state index contributed by atoms with van der Waals surface area (Å²) in [7, 11) is 0. The Labute approximate surface area is 93.8 Å². The third kappa shape index (κ3) is 2.25. The molecule has 0 amide bonds. The van der Waals surface area contributed by atoms with Crippen molar-refractivity contribution in [3.63, 3.8) is 0 Å². The molecule has 16 heavy (non-hydrogen) atoms. The van der Waals surface area contributed by atoms with Gasteiger partial charge in [0.25, 0.3) is 0 Å². The fraction of sp³-hybridized carbons (Fsp3) is 0.182. The lowest BCUT2D eigenvalue weighted by Crippen LogP contribution is -2.06. The quantitative estimate of drug-likeness (QED) is 0.808. The Balaban J connectivity index is 2.08. The molecule has 0 radical (unpaired) electrons. The van der Waals surface area contributed by atoms with Crippen LogP contribution >= 0.6 is 0 Å². The van der Waals surface area contributed by atoms with E-state index in [9.17, 15) is 0 Å². The molecule has 0 saturated heterocycles. The molecule has 5 heteroatoms. The zero-order valence-electron chi connectivity index (χ0n) is 9.01. The van der Waals surface area contributed by atoms with Crippen LogP contribution in [0.5, 0.6) is 0 Å². The summed E-state index contributed by atoms with van der Waals surface area (Å²) in [5.41, 5.74) is 8.48. The molecule has 2 rings (SSSR count). The molecule has 0 aliphatic carbocycles. The van der Waals surface area contributed by atoms with E-state index in [4.69, 9.17) is 5.73 Å². The first-order valence-electron chi connectivity index (χ1n) is 4.97. The number of aryl methyl sites for hydroxylation is 1. The number of nitrogens with zero attached hydrogens (tertiary/aromatic N) is 3. The van der Waals surface area contributed by atoms with E-state index in [0.717, 1.165) is 11.3 Å². The number of pyridine rings is 1. The maximum atomic E-state index is 5.89. The number of nitrogen functional groups attached to an aromatic ring is 1. The van der Waals surface area contributed by atoms with Gasteiger partial charge in [-0.2, -0.15) is 0 Å². The van der Waals surface area contributed by atoms with Crippen molar-refractivity contribution in [2.24, 2.45) is 0 Å². The van der Waals surface area contributed by atoms with E-state index in [1.54, 1.807) is 12.4 Å². The number of aromatic nitrogens is 3. The molecule has 2 aromatic heterocycles. The van der Waals surface area contributed by atoms with Crippen LogP contribution in [0, 0.1) is 6.92 Å². The number of anilines is 2. The van der Waals surface area contributed by atoms with Gasteiger partial charge in [0.1, 0.15) is 12.1 Å². The number of hydrogen-bond acceptors (Lipinski definition) is 5. The van der Waals surface area contributed by atoms with Crippen LogP contribution in [0.2, 0.25) is 0 Å². The molecule has 82 valence electrons. The first-order chi connectivity index (χ1) is 7.77. The largest absolute Gasteiger partial charge is 0.396 e. The predicted octanol–water partition coefficient (Wildman–Crippen LogP) is 1.37. The maximum absolute atomic E-state index is 5.89. The Bertz CT molecular complexity index is 469. The molecular weight excluding hydrogens is 202 g/mol. The van der Waals surface area contributed by atoms with Gasteiger partial charge in [-0.25, -0.2) is 15.0 Å². The van der Waals surface area contributed by atoms with Crippen LogP contribution in [0.25, 0.3) is 0 Å². The lowest BCUT2D eigenvalue weighted by Gasteiger charge is -2.09. The molecule has 3 N–H and O–H groups in total. The van der Waals surface area contributed by atoms with E-state index in [-0.39, 0.29) is 0 Å². The summed E-state index contributed by atoms with van der Waals surface area (Å²) >= 11 is 0. The maximum Gasteiger partial charge on any atom is 0.149 e. The summed E-state index contributed by atoms with van der Waals surface area (Å²) < 4.78 is 0. The fourth-order valence-electron chi connectivity index (χ4n) is 1.31. The van der Waals surface area contributed by atoms with E-state index in [1.165, 1.54) is 6.33 Å². The molecule has 0 aliphatic heterocycles. The predicted molar refractivity (Wildman–Crippen MR) is 62.7 cm³/mol. The monoisotopic (exact) mass is 215 g/mol. The lowest BCUT2D eigenvalue weighted by molar-refractivity contribution is 0.996. The van der Waals surface area contributed by atoms with Crippen molar-refractivity contribution < 1.29 is 0 Å². The van der Waals surface area contributed by atoms with Gasteiger partial charge < -0.3 is 11.1 Å². The number of hydrogen-bond donors (Lipinski definition) is 2. The lowest BCUT2D eigenvalue weighted by atomic mass is 10.2. The van der Waals surface area contributed by atoms with Gasteiger partial charge in [0.15, 0.2) is 0 Å². The van der Waals surface area contributed by atoms with Gasteiger partial charge in [0.05, 0.1) is 17.9 Å². The Kier molecular flexibility index (Phi) is 2.95. The van der Waals surface area contributed by atoms with Gasteiger partial charge >= 0.3 is 0 Å². The Morgan fingerprint density at radius 3 is 2.88 bits per heavy atom. The van der Waals surface area contributed by atoms with Crippen LogP contribution in [0.1, 0.15) is 11.3 Å². The molecule has 0 spiro atoms. The summed E-state index contributed by atoms with van der Waals surface area (Å²) in [5.74, 6) is 0.693. The molecule has 2 heterocycles. The second kappa shape index (κ2) is 4.57. The second-order valence-electron chi connectivity index (χ2n) is 3.44. The van der Waals surface area contributed by atoms with Crippen molar-refractivity contribution in [1.29, 1.82) is 0 Å². The van der Waals surface area contributed by atoms with Gasteiger partial charge in [-0.15, -0.1) is 0 Å². The standard InChI is InChI=1S/C11H13N5/c1-8-2-5-14-11(10(8)12)15-6-9-3-4-13-7-16-9/h2-5,7H,6,12H2,1H3,(H,14,15). The van der Waals surface area contributed by atoms with Crippen LogP contribution in [0.3, 0.4) is 0 Å². The molecule has 5 nitrogen and oxygen atoms in total. The SMILES string of the molecule is Cc1ccnc(NCc2ccncn2)c1N. The zero-order chi connectivity index (χ0) is 11.4. The number of rotatable bonds is 3. The third-order valence-corrected chi connectivity index (χ3v) is 2.29. The van der Waals surface area contributed by atoms with Crippen molar-refractivity contribution in [2.45, 2.75) is 13.5 Å². The summed E-state index contributed by atoms with van der Waals surface area (Å²) in [4.78, 5) is 12.1. The molecule has 0 aliphatic rings. The summed E-state index contributed by atoms with van der Waals surface area (Å²) in [6.45, 7) is 2.54. The molecule has 0 fully saturated rings. The Hall–Kier alpha value is -2.17. The molecule has 0 saturated carbocycles. The molecule has 0 aromatic carbocycles. The molecule has 0 atom stereocenters. The van der Waals surface area contributed by atoms with E-state index in [2.05, 4.69) is 20.3 Å². The Morgan fingerprint density at radius 1 is 1.25 bits per heavy atom. The topological polar surface area (TPSA) is 76.7 Å². The fourth-order valence-corrected chi connectivity index (χ4v) is 1.31. The highest BCUT2D eigenvalue weighted by molar-refractivity contribution is 5.64. The van der Waals surface area contributed by atoms with Gasteiger partial charge in [0, 0.05) is 12.4 Å². The van der Waals surface area contributed by atoms with E-state index < -0.39 is 0 Å². The summed E-state index contributed by atoms with van der Waals surface area (Å²) in [5, 5.41) is 3.14. The minimum absolute atomic E-state index is 0.586. The molecule has 0 unspecified atom stereocenters. The smallest absolute Gasteiger partial charge is 0.149 e. The van der Waals surface area contributed by atoms with Crippen LogP contribution in [-0.4, -0.2) is 15.0 Å². The van der Waals surface area contributed by atoms with Gasteiger partial charge in [0.2, 0.25) is 0 Å². The van der Waals surface area contributed by atoms with Crippen molar-refractivity contribution in [1.82, 2.24) is 15.0 Å². The van der Waals surface area contributed by atoms with Crippen molar-refractivity contribution in [3.8, 4) is 0 Å². The zero-order valence-corrected chi connectivity index (χ0v) is 9.01. The van der Waals surface area contributed by atoms with Crippen LogP contribution < -0.4 is 11.1 Å². The highest BCUT2D eigenvalue weighted by atomic mass is 15.0. The Morgan fingerprint density at radius 2 is 2.12 bits per heavy atom. The number of nitrogens with one attached hydrogen (secondary N) is 1. The van der Waals surface area contributed by atoms with E-state index >= 15 is 0 Å². The van der Waals surface area contributed by atoms with Gasteiger partial charge in [-0.1, -0.05) is 0 Å². The van der Waals surface area contributed by atoms with Crippen LogP contribution in [-0.2, 0) is 6.54 Å². The van der Waals surface area contributed by atoms with Gasteiger partial charge in [-0.3, -0.25) is 0 Å². The van der Waals surface area contributed by atoms with E-state index in [1.807, 2.05) is 19.1 Å². The molecule has 2 aromatic rings.